The van der Waals surface area contributed by atoms with Crippen LogP contribution in [0.4, 0.5) is 22.7 Å². The van der Waals surface area contributed by atoms with Gasteiger partial charge in [-0.3, -0.25) is 10.1 Å². The fourth-order valence-corrected chi connectivity index (χ4v) is 2.66. The van der Waals surface area contributed by atoms with Crippen molar-refractivity contribution in [3.63, 3.8) is 0 Å². The lowest BCUT2D eigenvalue weighted by Crippen LogP contribution is -2.15. The predicted octanol–water partition coefficient (Wildman–Crippen LogP) is 4.62. The van der Waals surface area contributed by atoms with Crippen molar-refractivity contribution in [2.24, 2.45) is 0 Å². The Morgan fingerprint density at radius 2 is 1.67 bits per heavy atom. The zero-order valence-corrected chi connectivity index (χ0v) is 12.6. The van der Waals surface area contributed by atoms with E-state index in [2.05, 4.69) is 10.3 Å². The summed E-state index contributed by atoms with van der Waals surface area (Å²) in [5.74, 6) is -6.00. The van der Waals surface area contributed by atoms with E-state index >= 15 is 0 Å². The summed E-state index contributed by atoms with van der Waals surface area (Å²) in [4.78, 5) is 16.1. The zero-order valence-electron chi connectivity index (χ0n) is 11.8. The number of nitrogens with one attached hydrogen (secondary N) is 1. The van der Waals surface area contributed by atoms with Gasteiger partial charge < -0.3 is 0 Å². The molecule has 0 aliphatic rings. The highest BCUT2D eigenvalue weighted by molar-refractivity contribution is 7.14. The van der Waals surface area contributed by atoms with Gasteiger partial charge in [0.15, 0.2) is 22.6 Å². The molecule has 3 rings (SSSR count). The number of benzene rings is 2. The lowest BCUT2D eigenvalue weighted by Gasteiger charge is -2.04. The van der Waals surface area contributed by atoms with Crippen molar-refractivity contribution in [3.8, 4) is 11.3 Å². The predicted molar refractivity (Wildman–Crippen MR) is 81.8 cm³/mol. The molecule has 0 saturated heterocycles. The van der Waals surface area contributed by atoms with Crippen molar-refractivity contribution in [1.82, 2.24) is 4.98 Å². The Morgan fingerprint density at radius 3 is 2.38 bits per heavy atom. The Kier molecular flexibility index (Phi) is 4.30. The van der Waals surface area contributed by atoms with E-state index in [0.717, 1.165) is 17.4 Å². The minimum Gasteiger partial charge on any atom is -0.298 e. The fourth-order valence-electron chi connectivity index (χ4n) is 1.95. The second-order valence-corrected chi connectivity index (χ2v) is 5.58. The average molecular weight is 352 g/mol. The van der Waals surface area contributed by atoms with Gasteiger partial charge in [0, 0.05) is 10.9 Å². The van der Waals surface area contributed by atoms with Crippen LogP contribution in [-0.4, -0.2) is 10.9 Å². The van der Waals surface area contributed by atoms with Gasteiger partial charge in [0.2, 0.25) is 0 Å². The van der Waals surface area contributed by atoms with Crippen LogP contribution in [0, 0.1) is 23.3 Å². The summed E-state index contributed by atoms with van der Waals surface area (Å²) < 4.78 is 52.6. The topological polar surface area (TPSA) is 42.0 Å². The van der Waals surface area contributed by atoms with Crippen molar-refractivity contribution in [1.29, 1.82) is 0 Å². The molecule has 0 radical (unpaired) electrons. The highest BCUT2D eigenvalue weighted by atomic mass is 32.1. The van der Waals surface area contributed by atoms with Gasteiger partial charge in [0.25, 0.3) is 5.91 Å². The van der Waals surface area contributed by atoms with Crippen molar-refractivity contribution in [2.75, 3.05) is 5.32 Å². The first-order valence-corrected chi connectivity index (χ1v) is 7.50. The SMILES string of the molecule is O=C(Nc1nc(-c2ccc(F)cc2)cs1)c1ccc(F)c(F)c1F. The third-order valence-electron chi connectivity index (χ3n) is 3.14. The number of carbonyl (C=O) groups excluding carboxylic acids is 1. The van der Waals surface area contributed by atoms with Gasteiger partial charge in [-0.2, -0.15) is 0 Å². The average Bonchev–Trinajstić information content (AvgIpc) is 3.01. The maximum atomic E-state index is 13.6. The van der Waals surface area contributed by atoms with Gasteiger partial charge in [-0.15, -0.1) is 11.3 Å². The molecule has 0 unspecified atom stereocenters. The van der Waals surface area contributed by atoms with E-state index < -0.39 is 34.7 Å². The number of rotatable bonds is 3. The molecular formula is C16H8F4N2OS. The quantitative estimate of drug-likeness (QED) is 0.552. The van der Waals surface area contributed by atoms with Gasteiger partial charge in [-0.05, 0) is 36.4 Å². The molecule has 0 aliphatic carbocycles. The summed E-state index contributed by atoms with van der Waals surface area (Å²) >= 11 is 1.06. The molecule has 2 aromatic carbocycles. The molecule has 1 heterocycles. The number of halogens is 4. The molecule has 1 aromatic heterocycles. The number of aromatic nitrogens is 1. The molecule has 122 valence electrons. The standard InChI is InChI=1S/C16H8F4N2OS/c17-9-3-1-8(2-4-9)12-7-24-16(21-12)22-15(23)10-5-6-11(18)14(20)13(10)19/h1-7H,(H,21,22,23). The lowest BCUT2D eigenvalue weighted by atomic mass is 10.2. The molecule has 3 aromatic rings. The van der Waals surface area contributed by atoms with Crippen molar-refractivity contribution in [2.45, 2.75) is 0 Å². The van der Waals surface area contributed by atoms with Crippen LogP contribution in [0.2, 0.25) is 0 Å². The summed E-state index contributed by atoms with van der Waals surface area (Å²) in [5.41, 5.74) is 0.487. The van der Waals surface area contributed by atoms with Crippen LogP contribution >= 0.6 is 11.3 Å². The smallest absolute Gasteiger partial charge is 0.260 e. The zero-order chi connectivity index (χ0) is 17.3. The van der Waals surface area contributed by atoms with Crippen LogP contribution in [0.3, 0.4) is 0 Å². The Labute approximate surface area is 137 Å². The molecule has 8 heteroatoms. The minimum absolute atomic E-state index is 0.142. The van der Waals surface area contributed by atoms with Crippen molar-refractivity contribution >= 4 is 22.4 Å². The number of hydrogen-bond donors (Lipinski definition) is 1. The van der Waals surface area contributed by atoms with Crippen LogP contribution in [0.15, 0.2) is 41.8 Å². The normalized spacial score (nSPS) is 10.7. The van der Waals surface area contributed by atoms with E-state index in [1.54, 1.807) is 5.38 Å². The van der Waals surface area contributed by atoms with E-state index in [4.69, 9.17) is 0 Å². The van der Waals surface area contributed by atoms with E-state index in [1.807, 2.05) is 0 Å². The second kappa shape index (κ2) is 6.40. The fraction of sp³-hybridized carbons (Fsp3) is 0. The summed E-state index contributed by atoms with van der Waals surface area (Å²) in [6.07, 6.45) is 0. The first-order valence-electron chi connectivity index (χ1n) is 6.62. The highest BCUT2D eigenvalue weighted by Crippen LogP contribution is 2.26. The second-order valence-electron chi connectivity index (χ2n) is 4.72. The van der Waals surface area contributed by atoms with Crippen LogP contribution < -0.4 is 5.32 Å². The Balaban J connectivity index is 1.81. The van der Waals surface area contributed by atoms with Gasteiger partial charge in [-0.1, -0.05) is 0 Å². The maximum absolute atomic E-state index is 13.6. The first-order chi connectivity index (χ1) is 11.5. The Hall–Kier alpha value is -2.74. The summed E-state index contributed by atoms with van der Waals surface area (Å²) in [7, 11) is 0. The van der Waals surface area contributed by atoms with Gasteiger partial charge >= 0.3 is 0 Å². The molecule has 3 nitrogen and oxygen atoms in total. The van der Waals surface area contributed by atoms with Crippen LogP contribution in [0.5, 0.6) is 0 Å². The molecule has 0 atom stereocenters. The molecule has 0 bridgehead atoms. The number of thiazole rings is 1. The largest absolute Gasteiger partial charge is 0.298 e. The van der Waals surface area contributed by atoms with Gasteiger partial charge in [0.05, 0.1) is 11.3 Å². The Morgan fingerprint density at radius 1 is 0.958 bits per heavy atom. The number of amides is 1. The molecule has 0 saturated carbocycles. The summed E-state index contributed by atoms with van der Waals surface area (Å²) in [6, 6.07) is 7.08. The van der Waals surface area contributed by atoms with Crippen LogP contribution in [0.1, 0.15) is 10.4 Å². The van der Waals surface area contributed by atoms with E-state index in [9.17, 15) is 22.4 Å². The summed E-state index contributed by atoms with van der Waals surface area (Å²) in [5, 5.41) is 4.07. The molecule has 0 fully saturated rings. The van der Waals surface area contributed by atoms with E-state index in [-0.39, 0.29) is 5.13 Å². The van der Waals surface area contributed by atoms with Crippen LogP contribution in [0.25, 0.3) is 11.3 Å². The number of carbonyl (C=O) groups is 1. The van der Waals surface area contributed by atoms with Crippen molar-refractivity contribution in [3.05, 3.63) is 70.6 Å². The molecule has 1 N–H and O–H groups in total. The monoisotopic (exact) mass is 352 g/mol. The molecule has 1 amide bonds. The lowest BCUT2D eigenvalue weighted by molar-refractivity contribution is 0.102. The van der Waals surface area contributed by atoms with Gasteiger partial charge in [-0.25, -0.2) is 22.5 Å². The molecule has 24 heavy (non-hydrogen) atoms. The van der Waals surface area contributed by atoms with Crippen LogP contribution in [-0.2, 0) is 0 Å². The van der Waals surface area contributed by atoms with E-state index in [1.165, 1.54) is 24.3 Å². The molecular weight excluding hydrogens is 344 g/mol. The molecule has 0 aliphatic heterocycles. The third-order valence-corrected chi connectivity index (χ3v) is 3.90. The number of anilines is 1. The first kappa shape index (κ1) is 16.1. The summed E-state index contributed by atoms with van der Waals surface area (Å²) in [6.45, 7) is 0. The van der Waals surface area contributed by atoms with E-state index in [0.29, 0.717) is 17.3 Å². The maximum Gasteiger partial charge on any atom is 0.260 e. The number of nitrogens with zero attached hydrogens (tertiary/aromatic N) is 1. The van der Waals surface area contributed by atoms with Crippen molar-refractivity contribution < 1.29 is 22.4 Å². The third kappa shape index (κ3) is 3.13. The number of hydrogen-bond acceptors (Lipinski definition) is 3. The molecule has 0 spiro atoms. The minimum atomic E-state index is -1.71. The van der Waals surface area contributed by atoms with Gasteiger partial charge in [0.1, 0.15) is 5.82 Å². The Bertz CT molecular complexity index is 909. The highest BCUT2D eigenvalue weighted by Gasteiger charge is 2.19.